The fraction of sp³-hybridized carbons (Fsp3) is 0.500. The molecule has 0 aliphatic carbocycles. The molecule has 1 aromatic rings. The maximum Gasteiger partial charge on any atom is 0.101 e. The fourth-order valence-electron chi connectivity index (χ4n) is 1.61. The smallest absolute Gasteiger partial charge is 0.101 e. The second-order valence-electron chi connectivity index (χ2n) is 4.21. The summed E-state index contributed by atoms with van der Waals surface area (Å²) in [5.41, 5.74) is 1.06. The summed E-state index contributed by atoms with van der Waals surface area (Å²) in [6.07, 6.45) is 0.501. The molecule has 20 heavy (non-hydrogen) atoms. The predicted octanol–water partition coefficient (Wildman–Crippen LogP) is -2.23. The first-order valence-corrected chi connectivity index (χ1v) is 7.39. The third-order valence-electron chi connectivity index (χ3n) is 2.59. The Labute approximate surface area is 128 Å². The van der Waals surface area contributed by atoms with E-state index in [0.717, 1.165) is 10.5 Å². The summed E-state index contributed by atoms with van der Waals surface area (Å²) >= 11 is 2.45. The van der Waals surface area contributed by atoms with E-state index in [-0.39, 0.29) is 24.5 Å². The Bertz CT molecular complexity index is 334. The Balaban J connectivity index is 0.000000361. The van der Waals surface area contributed by atoms with Crippen LogP contribution in [0.2, 0.25) is 0 Å². The van der Waals surface area contributed by atoms with E-state index in [4.69, 9.17) is 15.3 Å². The second kappa shape index (κ2) is 13.2. The minimum atomic E-state index is 0.0891. The van der Waals surface area contributed by atoms with E-state index in [1.807, 2.05) is 30.3 Å². The minimum Gasteiger partial charge on any atom is -0.391 e. The van der Waals surface area contributed by atoms with Gasteiger partial charge in [-0.1, -0.05) is 0 Å². The number of carbonyl (C=O) groups is 1. The number of quaternary nitrogens is 1. The molecule has 4 N–H and O–H groups in total. The molecular formula is C14H23NO4Se. The number of aliphatic hydroxyl groups is 3. The zero-order chi connectivity index (χ0) is 15.2. The summed E-state index contributed by atoms with van der Waals surface area (Å²) in [5.74, 6) is 0. The van der Waals surface area contributed by atoms with Crippen molar-refractivity contribution >= 4 is 20.7 Å². The predicted molar refractivity (Wildman–Crippen MR) is 77.7 cm³/mol. The molecule has 0 fully saturated rings. The van der Waals surface area contributed by atoms with Crippen LogP contribution in [0.1, 0.15) is 5.56 Å². The van der Waals surface area contributed by atoms with Crippen LogP contribution in [0.15, 0.2) is 30.3 Å². The monoisotopic (exact) mass is 349 g/mol. The Kier molecular flexibility index (Phi) is 12.7. The van der Waals surface area contributed by atoms with Gasteiger partial charge in [-0.05, 0) is 0 Å². The van der Waals surface area contributed by atoms with Gasteiger partial charge in [-0.15, -0.1) is 0 Å². The van der Waals surface area contributed by atoms with Crippen molar-refractivity contribution < 1.29 is 25.0 Å². The largest absolute Gasteiger partial charge is 0.391 e. The first-order valence-electron chi connectivity index (χ1n) is 6.54. The number of nitrogens with one attached hydrogen (secondary N) is 1. The molecule has 0 saturated carbocycles. The molecule has 0 unspecified atom stereocenters. The molecule has 0 amide bonds. The van der Waals surface area contributed by atoms with Gasteiger partial charge in [0, 0.05) is 0 Å². The number of rotatable bonds is 8. The van der Waals surface area contributed by atoms with Crippen LogP contribution in [0.4, 0.5) is 0 Å². The van der Waals surface area contributed by atoms with E-state index < -0.39 is 0 Å². The Morgan fingerprint density at radius 1 is 0.950 bits per heavy atom. The third kappa shape index (κ3) is 11.1. The molecule has 0 aromatic heterocycles. The quantitative estimate of drug-likeness (QED) is 0.401. The number of hydrogen-bond donors (Lipinski definition) is 4. The van der Waals surface area contributed by atoms with E-state index in [9.17, 15) is 4.79 Å². The minimum absolute atomic E-state index is 0.0891. The Hall–Kier alpha value is -0.751. The van der Waals surface area contributed by atoms with Crippen molar-refractivity contribution in [3.63, 3.8) is 0 Å². The van der Waals surface area contributed by atoms with Crippen molar-refractivity contribution in [1.82, 2.24) is 0 Å². The van der Waals surface area contributed by atoms with Crippen molar-refractivity contribution in [2.24, 2.45) is 0 Å². The summed E-state index contributed by atoms with van der Waals surface area (Å²) in [6, 6.07) is 9.67. The Morgan fingerprint density at radius 3 is 1.75 bits per heavy atom. The van der Waals surface area contributed by atoms with Gasteiger partial charge in [0.05, 0.1) is 19.8 Å². The molecule has 0 spiro atoms. The van der Waals surface area contributed by atoms with Gasteiger partial charge >= 0.3 is 67.8 Å². The molecule has 0 saturated heterocycles. The molecule has 0 atom stereocenters. The summed E-state index contributed by atoms with van der Waals surface area (Å²) in [4.78, 5) is 11.6. The normalized spacial score (nSPS) is 10.0. The maximum absolute atomic E-state index is 10.6. The SMILES string of the molecule is O=C([Se-])Cc1ccccc1.OCC[NH+](CCO)CCO. The topological polar surface area (TPSA) is 82.2 Å². The van der Waals surface area contributed by atoms with Gasteiger partial charge < -0.3 is 20.2 Å². The Morgan fingerprint density at radius 2 is 1.40 bits per heavy atom. The molecule has 1 rings (SSSR count). The van der Waals surface area contributed by atoms with Gasteiger partial charge in [0.2, 0.25) is 0 Å². The van der Waals surface area contributed by atoms with Crippen LogP contribution in [0.5, 0.6) is 0 Å². The average molecular weight is 348 g/mol. The molecule has 114 valence electrons. The fourth-order valence-corrected chi connectivity index (χ4v) is 1.96. The van der Waals surface area contributed by atoms with Gasteiger partial charge in [0.1, 0.15) is 19.6 Å². The van der Waals surface area contributed by atoms with Crippen LogP contribution < -0.4 is 4.90 Å². The number of hydrogen-bond acceptors (Lipinski definition) is 4. The maximum atomic E-state index is 10.6. The second-order valence-corrected chi connectivity index (χ2v) is 5.16. The van der Waals surface area contributed by atoms with Crippen LogP contribution in [-0.4, -0.2) is 75.5 Å². The van der Waals surface area contributed by atoms with Crippen LogP contribution in [0, 0.1) is 0 Å². The van der Waals surface area contributed by atoms with Crippen LogP contribution in [0.3, 0.4) is 0 Å². The molecule has 0 bridgehead atoms. The van der Waals surface area contributed by atoms with Crippen molar-refractivity contribution in [3.8, 4) is 0 Å². The van der Waals surface area contributed by atoms with Crippen molar-refractivity contribution in [1.29, 1.82) is 0 Å². The summed E-state index contributed by atoms with van der Waals surface area (Å²) in [6.45, 7) is 2.11. The summed E-state index contributed by atoms with van der Waals surface area (Å²) < 4.78 is 0.0891. The van der Waals surface area contributed by atoms with E-state index in [2.05, 4.69) is 16.0 Å². The first-order chi connectivity index (χ1) is 9.63. The molecule has 6 heteroatoms. The summed E-state index contributed by atoms with van der Waals surface area (Å²) in [7, 11) is 0. The van der Waals surface area contributed by atoms with Gasteiger partial charge in [0.25, 0.3) is 0 Å². The number of benzene rings is 1. The van der Waals surface area contributed by atoms with Crippen LogP contribution in [-0.2, 0) is 11.2 Å². The van der Waals surface area contributed by atoms with Crippen LogP contribution in [0.25, 0.3) is 0 Å². The van der Waals surface area contributed by atoms with Gasteiger partial charge in [0.15, 0.2) is 0 Å². The molecule has 1 aromatic carbocycles. The van der Waals surface area contributed by atoms with Crippen LogP contribution >= 0.6 is 0 Å². The third-order valence-corrected chi connectivity index (χ3v) is 2.89. The average Bonchev–Trinajstić information content (AvgIpc) is 2.41. The molecule has 0 aliphatic rings. The molecule has 5 nitrogen and oxygen atoms in total. The van der Waals surface area contributed by atoms with Gasteiger partial charge in [-0.3, -0.25) is 0 Å². The molecular weight excluding hydrogens is 325 g/mol. The number of aliphatic hydroxyl groups excluding tert-OH is 3. The zero-order valence-corrected chi connectivity index (χ0v) is 13.2. The first kappa shape index (κ1) is 19.2. The molecule has 0 radical (unpaired) electrons. The van der Waals surface area contributed by atoms with Crippen molar-refractivity contribution in [3.05, 3.63) is 35.9 Å². The number of carbonyl (C=O) groups excluding carboxylic acids is 1. The standard InChI is InChI=1S/C8H8OSe.C6H15NO3/c9-8(10)6-7-4-2-1-3-5-7;8-4-1-7(2-5-9)3-6-10/h1-5H,6H2,(H,9,10);8-10H,1-6H2. The van der Waals surface area contributed by atoms with E-state index in [0.29, 0.717) is 26.1 Å². The van der Waals surface area contributed by atoms with E-state index >= 15 is 0 Å². The van der Waals surface area contributed by atoms with E-state index in [1.54, 1.807) is 0 Å². The van der Waals surface area contributed by atoms with Gasteiger partial charge in [-0.2, -0.15) is 0 Å². The van der Waals surface area contributed by atoms with Crippen molar-refractivity contribution in [2.75, 3.05) is 39.5 Å². The zero-order valence-electron chi connectivity index (χ0n) is 11.5. The van der Waals surface area contributed by atoms with Gasteiger partial charge in [-0.25, -0.2) is 0 Å². The molecule has 0 aliphatic heterocycles. The molecule has 0 heterocycles. The van der Waals surface area contributed by atoms with Crippen molar-refractivity contribution in [2.45, 2.75) is 6.42 Å². The summed E-state index contributed by atoms with van der Waals surface area (Å²) in [5, 5.41) is 25.5. The van der Waals surface area contributed by atoms with E-state index in [1.165, 1.54) is 0 Å².